The third kappa shape index (κ3) is 2.70. The van der Waals surface area contributed by atoms with Crippen molar-refractivity contribution in [2.24, 2.45) is 5.41 Å². The molecule has 2 N–H and O–H groups in total. The average molecular weight is 305 g/mol. The number of nitrogens with zero attached hydrogens (tertiary/aromatic N) is 1. The summed E-state index contributed by atoms with van der Waals surface area (Å²) in [6.45, 7) is 12.2. The molecule has 0 aliphatic heterocycles. The van der Waals surface area contributed by atoms with E-state index in [1.165, 1.54) is 0 Å². The molecule has 5 nitrogen and oxygen atoms in total. The SMILES string of the molecule is COC1(C)CC(NC(=O)Nc2c(C)cc(C)nc2C)C1(C)C. The van der Waals surface area contributed by atoms with E-state index < -0.39 is 0 Å². The predicted molar refractivity (Wildman–Crippen MR) is 88.2 cm³/mol. The van der Waals surface area contributed by atoms with Crippen LogP contribution in [0.15, 0.2) is 6.07 Å². The number of aromatic nitrogens is 1. The van der Waals surface area contributed by atoms with Gasteiger partial charge in [0.15, 0.2) is 0 Å². The fourth-order valence-electron chi connectivity index (χ4n) is 3.24. The first-order chi connectivity index (χ1) is 10.1. The van der Waals surface area contributed by atoms with Gasteiger partial charge < -0.3 is 15.4 Å². The highest BCUT2D eigenvalue weighted by atomic mass is 16.5. The van der Waals surface area contributed by atoms with Gasteiger partial charge >= 0.3 is 6.03 Å². The molecule has 0 radical (unpaired) electrons. The number of nitrogens with one attached hydrogen (secondary N) is 2. The third-order valence-corrected chi connectivity index (χ3v) is 5.35. The highest BCUT2D eigenvalue weighted by Crippen LogP contribution is 2.51. The Bertz CT molecular complexity index is 575. The van der Waals surface area contributed by atoms with Crippen molar-refractivity contribution >= 4 is 11.7 Å². The molecule has 0 spiro atoms. The number of rotatable bonds is 3. The first-order valence-corrected chi connectivity index (χ1v) is 7.68. The van der Waals surface area contributed by atoms with Gasteiger partial charge in [0.2, 0.25) is 0 Å². The molecule has 2 unspecified atom stereocenters. The highest BCUT2D eigenvalue weighted by Gasteiger charge is 2.58. The molecule has 1 aliphatic carbocycles. The molecule has 1 aromatic heterocycles. The standard InChI is InChI=1S/C17H27N3O2/c1-10-8-11(2)18-12(3)14(10)20-15(21)19-13-9-17(6,22-7)16(13,4)5/h8,13H,9H2,1-7H3,(H2,19,20,21). The summed E-state index contributed by atoms with van der Waals surface area (Å²) >= 11 is 0. The number of aryl methyl sites for hydroxylation is 3. The smallest absolute Gasteiger partial charge is 0.319 e. The maximum Gasteiger partial charge on any atom is 0.319 e. The van der Waals surface area contributed by atoms with E-state index in [1.807, 2.05) is 26.8 Å². The zero-order valence-corrected chi connectivity index (χ0v) is 14.6. The first-order valence-electron chi connectivity index (χ1n) is 7.68. The maximum absolute atomic E-state index is 12.3. The zero-order valence-electron chi connectivity index (χ0n) is 14.6. The van der Waals surface area contributed by atoms with Crippen molar-refractivity contribution in [3.63, 3.8) is 0 Å². The number of hydrogen-bond acceptors (Lipinski definition) is 3. The van der Waals surface area contributed by atoms with Crippen LogP contribution in [0, 0.1) is 26.2 Å². The van der Waals surface area contributed by atoms with E-state index in [9.17, 15) is 4.79 Å². The maximum atomic E-state index is 12.3. The van der Waals surface area contributed by atoms with Crippen LogP contribution in [0.5, 0.6) is 0 Å². The largest absolute Gasteiger partial charge is 0.378 e. The second kappa shape index (κ2) is 5.54. The number of hydrogen-bond donors (Lipinski definition) is 2. The Kier molecular flexibility index (Phi) is 4.22. The molecule has 1 fully saturated rings. The van der Waals surface area contributed by atoms with Crippen molar-refractivity contribution in [3.8, 4) is 0 Å². The molecule has 2 amide bonds. The van der Waals surface area contributed by atoms with Gasteiger partial charge in [0.25, 0.3) is 0 Å². The van der Waals surface area contributed by atoms with Crippen LogP contribution in [-0.2, 0) is 4.74 Å². The van der Waals surface area contributed by atoms with E-state index in [-0.39, 0.29) is 23.1 Å². The van der Waals surface area contributed by atoms with E-state index >= 15 is 0 Å². The topological polar surface area (TPSA) is 63.2 Å². The minimum absolute atomic E-state index is 0.0940. The zero-order chi connectivity index (χ0) is 16.7. The molecule has 22 heavy (non-hydrogen) atoms. The van der Waals surface area contributed by atoms with Gasteiger partial charge in [0, 0.05) is 24.3 Å². The summed E-state index contributed by atoms with van der Waals surface area (Å²) in [6, 6.07) is 1.88. The number of carbonyl (C=O) groups excluding carboxylic acids is 1. The average Bonchev–Trinajstić information content (AvgIpc) is 2.42. The molecule has 0 bridgehead atoms. The second-order valence-electron chi connectivity index (χ2n) is 7.05. The number of ether oxygens (including phenoxy) is 1. The molecule has 1 aliphatic rings. The second-order valence-corrected chi connectivity index (χ2v) is 7.05. The third-order valence-electron chi connectivity index (χ3n) is 5.35. The number of pyridine rings is 1. The van der Waals surface area contributed by atoms with Crippen molar-refractivity contribution in [1.82, 2.24) is 10.3 Å². The van der Waals surface area contributed by atoms with Crippen molar-refractivity contribution in [3.05, 3.63) is 23.0 Å². The first kappa shape index (κ1) is 16.7. The number of amides is 2. The minimum atomic E-state index is -0.192. The van der Waals surface area contributed by atoms with Gasteiger partial charge in [-0.1, -0.05) is 13.8 Å². The molecule has 1 saturated carbocycles. The Morgan fingerprint density at radius 1 is 1.32 bits per heavy atom. The van der Waals surface area contributed by atoms with Crippen molar-refractivity contribution in [1.29, 1.82) is 0 Å². The summed E-state index contributed by atoms with van der Waals surface area (Å²) < 4.78 is 5.59. The molecular weight excluding hydrogens is 278 g/mol. The monoisotopic (exact) mass is 305 g/mol. The number of carbonyl (C=O) groups is 1. The van der Waals surface area contributed by atoms with Gasteiger partial charge in [-0.15, -0.1) is 0 Å². The van der Waals surface area contributed by atoms with Crippen LogP contribution < -0.4 is 10.6 Å². The quantitative estimate of drug-likeness (QED) is 0.900. The van der Waals surface area contributed by atoms with E-state index in [1.54, 1.807) is 7.11 Å². The summed E-state index contributed by atoms with van der Waals surface area (Å²) in [4.78, 5) is 16.7. The van der Waals surface area contributed by atoms with Gasteiger partial charge in [-0.05, 0) is 45.7 Å². The van der Waals surface area contributed by atoms with E-state index in [4.69, 9.17) is 4.74 Å². The van der Waals surface area contributed by atoms with Crippen LogP contribution in [0.1, 0.15) is 44.1 Å². The molecule has 122 valence electrons. The van der Waals surface area contributed by atoms with Crippen molar-refractivity contribution < 1.29 is 9.53 Å². The van der Waals surface area contributed by atoms with Gasteiger partial charge in [0.1, 0.15) is 0 Å². The Labute approximate surface area is 132 Å². The van der Waals surface area contributed by atoms with Crippen LogP contribution >= 0.6 is 0 Å². The van der Waals surface area contributed by atoms with E-state index in [0.717, 1.165) is 29.1 Å². The molecule has 0 saturated heterocycles. The molecule has 1 aromatic rings. The minimum Gasteiger partial charge on any atom is -0.378 e. The molecule has 2 rings (SSSR count). The van der Waals surface area contributed by atoms with E-state index in [2.05, 4.69) is 36.4 Å². The molecule has 0 aromatic carbocycles. The van der Waals surface area contributed by atoms with Gasteiger partial charge in [0.05, 0.1) is 17.0 Å². The van der Waals surface area contributed by atoms with Crippen LogP contribution in [0.3, 0.4) is 0 Å². The Morgan fingerprint density at radius 3 is 2.45 bits per heavy atom. The lowest BCUT2D eigenvalue weighted by Crippen LogP contribution is -2.68. The lowest BCUT2D eigenvalue weighted by Gasteiger charge is -2.59. The Morgan fingerprint density at radius 2 is 1.95 bits per heavy atom. The van der Waals surface area contributed by atoms with Crippen LogP contribution in [0.25, 0.3) is 0 Å². The summed E-state index contributed by atoms with van der Waals surface area (Å²) in [5.41, 5.74) is 3.31. The fraction of sp³-hybridized carbons (Fsp3) is 0.647. The van der Waals surface area contributed by atoms with Crippen LogP contribution in [-0.4, -0.2) is 29.8 Å². The number of urea groups is 1. The fourth-order valence-corrected chi connectivity index (χ4v) is 3.24. The van der Waals surface area contributed by atoms with Gasteiger partial charge in [-0.3, -0.25) is 4.98 Å². The predicted octanol–water partition coefficient (Wildman–Crippen LogP) is 3.33. The summed E-state index contributed by atoms with van der Waals surface area (Å²) in [5, 5.41) is 5.99. The lowest BCUT2D eigenvalue weighted by molar-refractivity contribution is -0.177. The van der Waals surface area contributed by atoms with Crippen molar-refractivity contribution in [2.45, 2.75) is 59.6 Å². The molecular formula is C17H27N3O2. The number of anilines is 1. The van der Waals surface area contributed by atoms with Crippen LogP contribution in [0.2, 0.25) is 0 Å². The van der Waals surface area contributed by atoms with Crippen molar-refractivity contribution in [2.75, 3.05) is 12.4 Å². The van der Waals surface area contributed by atoms with Crippen LogP contribution in [0.4, 0.5) is 10.5 Å². The van der Waals surface area contributed by atoms with Gasteiger partial charge in [-0.2, -0.15) is 0 Å². The summed E-state index contributed by atoms with van der Waals surface area (Å²) in [7, 11) is 1.72. The Balaban J connectivity index is 2.04. The number of methoxy groups -OCH3 is 1. The molecule has 5 heteroatoms. The molecule has 2 atom stereocenters. The normalized spacial score (nSPS) is 26.2. The lowest BCUT2D eigenvalue weighted by atomic mass is 9.56. The molecule has 1 heterocycles. The summed E-state index contributed by atoms with van der Waals surface area (Å²) in [5.74, 6) is 0. The van der Waals surface area contributed by atoms with Gasteiger partial charge in [-0.25, -0.2) is 4.79 Å². The Hall–Kier alpha value is -1.62. The van der Waals surface area contributed by atoms with E-state index in [0.29, 0.717) is 0 Å². The summed E-state index contributed by atoms with van der Waals surface area (Å²) in [6.07, 6.45) is 0.814. The highest BCUT2D eigenvalue weighted by molar-refractivity contribution is 5.91.